The summed E-state index contributed by atoms with van der Waals surface area (Å²) in [5.74, 6) is 2.52. The summed E-state index contributed by atoms with van der Waals surface area (Å²) in [5, 5.41) is 0. The number of fused-ring (bicyclic) bond motifs is 1. The van der Waals surface area contributed by atoms with Gasteiger partial charge in [0.1, 0.15) is 5.76 Å². The lowest BCUT2D eigenvalue weighted by Gasteiger charge is -2.02. The summed E-state index contributed by atoms with van der Waals surface area (Å²) in [6.45, 7) is 5.08. The maximum Gasteiger partial charge on any atom is 0.164 e. The van der Waals surface area contributed by atoms with Crippen molar-refractivity contribution in [1.29, 1.82) is 0 Å². The largest absolute Gasteiger partial charge is 0.489 e. The van der Waals surface area contributed by atoms with Crippen LogP contribution >= 0.6 is 0 Å². The molecular formula is C9H12O2. The average molecular weight is 152 g/mol. The Hall–Kier alpha value is -0.920. The number of hydrogen-bond donors (Lipinski definition) is 0. The molecule has 2 heterocycles. The van der Waals surface area contributed by atoms with Crippen LogP contribution in [0.25, 0.3) is 0 Å². The van der Waals surface area contributed by atoms with Crippen LogP contribution in [0.4, 0.5) is 0 Å². The van der Waals surface area contributed by atoms with Gasteiger partial charge in [0.25, 0.3) is 0 Å². The quantitative estimate of drug-likeness (QED) is 0.616. The Labute approximate surface area is 66.2 Å². The first-order valence-electron chi connectivity index (χ1n) is 4.02. The summed E-state index contributed by atoms with van der Waals surface area (Å²) < 4.78 is 10.8. The molecule has 0 N–H and O–H groups in total. The van der Waals surface area contributed by atoms with Crippen molar-refractivity contribution in [2.24, 2.45) is 0 Å². The van der Waals surface area contributed by atoms with Gasteiger partial charge in [-0.25, -0.2) is 0 Å². The lowest BCUT2D eigenvalue weighted by atomic mass is 10.1. The molecule has 1 aromatic heterocycles. The number of rotatable bonds is 1. The van der Waals surface area contributed by atoms with Gasteiger partial charge in [0, 0.05) is 12.0 Å². The van der Waals surface area contributed by atoms with E-state index in [1.165, 1.54) is 5.56 Å². The molecule has 11 heavy (non-hydrogen) atoms. The second-order valence-corrected chi connectivity index (χ2v) is 3.20. The lowest BCUT2D eigenvalue weighted by Crippen LogP contribution is -1.92. The minimum absolute atomic E-state index is 0.501. The molecular weight excluding hydrogens is 140 g/mol. The number of ether oxygens (including phenoxy) is 1. The van der Waals surface area contributed by atoms with Crippen LogP contribution in [0.15, 0.2) is 10.7 Å². The molecule has 1 aliphatic heterocycles. The smallest absolute Gasteiger partial charge is 0.164 e. The van der Waals surface area contributed by atoms with Gasteiger partial charge in [-0.1, -0.05) is 13.8 Å². The maximum absolute atomic E-state index is 5.44. The van der Waals surface area contributed by atoms with Crippen molar-refractivity contribution in [3.8, 4) is 5.75 Å². The molecule has 2 heteroatoms. The van der Waals surface area contributed by atoms with Gasteiger partial charge in [0.15, 0.2) is 5.75 Å². The normalized spacial score (nSPS) is 15.2. The van der Waals surface area contributed by atoms with E-state index in [1.54, 1.807) is 0 Å². The number of furan rings is 1. The molecule has 60 valence electrons. The third-order valence-corrected chi connectivity index (χ3v) is 2.04. The van der Waals surface area contributed by atoms with E-state index < -0.39 is 0 Å². The van der Waals surface area contributed by atoms with Crippen LogP contribution in [0.2, 0.25) is 0 Å². The fraction of sp³-hybridized carbons (Fsp3) is 0.556. The van der Waals surface area contributed by atoms with Crippen molar-refractivity contribution in [1.82, 2.24) is 0 Å². The standard InChI is InChI=1S/C9H12O2/c1-6(2)7-5-11-8-3-4-10-9(7)8/h5-6H,3-4H2,1-2H3. The molecule has 0 spiro atoms. The van der Waals surface area contributed by atoms with Gasteiger partial charge in [-0.3, -0.25) is 0 Å². The van der Waals surface area contributed by atoms with Crippen molar-refractivity contribution >= 4 is 0 Å². The molecule has 0 unspecified atom stereocenters. The second kappa shape index (κ2) is 2.29. The van der Waals surface area contributed by atoms with Gasteiger partial charge in [-0.15, -0.1) is 0 Å². The van der Waals surface area contributed by atoms with Crippen molar-refractivity contribution in [2.75, 3.05) is 6.61 Å². The van der Waals surface area contributed by atoms with Crippen LogP contribution in [-0.2, 0) is 6.42 Å². The molecule has 2 nitrogen and oxygen atoms in total. The fourth-order valence-electron chi connectivity index (χ4n) is 1.38. The predicted molar refractivity (Wildman–Crippen MR) is 42.0 cm³/mol. The maximum atomic E-state index is 5.44. The topological polar surface area (TPSA) is 22.4 Å². The van der Waals surface area contributed by atoms with Crippen molar-refractivity contribution in [3.05, 3.63) is 17.6 Å². The molecule has 1 aromatic rings. The van der Waals surface area contributed by atoms with Crippen LogP contribution in [0.5, 0.6) is 5.75 Å². The van der Waals surface area contributed by atoms with E-state index >= 15 is 0 Å². The highest BCUT2D eigenvalue weighted by atomic mass is 16.5. The summed E-state index contributed by atoms with van der Waals surface area (Å²) in [5.41, 5.74) is 1.21. The minimum Gasteiger partial charge on any atom is -0.489 e. The highest BCUT2D eigenvalue weighted by Crippen LogP contribution is 2.35. The molecule has 0 aliphatic carbocycles. The Morgan fingerprint density at radius 1 is 1.45 bits per heavy atom. The summed E-state index contributed by atoms with van der Waals surface area (Å²) in [6.07, 6.45) is 2.75. The molecule has 1 aliphatic rings. The van der Waals surface area contributed by atoms with Gasteiger partial charge < -0.3 is 9.15 Å². The Kier molecular flexibility index (Phi) is 1.41. The van der Waals surface area contributed by atoms with Crippen molar-refractivity contribution in [3.63, 3.8) is 0 Å². The summed E-state index contributed by atoms with van der Waals surface area (Å²) in [7, 11) is 0. The Bertz CT molecular complexity index is 261. The fourth-order valence-corrected chi connectivity index (χ4v) is 1.38. The second-order valence-electron chi connectivity index (χ2n) is 3.20. The van der Waals surface area contributed by atoms with E-state index in [2.05, 4.69) is 13.8 Å². The Morgan fingerprint density at radius 2 is 2.27 bits per heavy atom. The van der Waals surface area contributed by atoms with E-state index in [0.717, 1.165) is 24.5 Å². The zero-order valence-corrected chi connectivity index (χ0v) is 6.89. The summed E-state index contributed by atoms with van der Waals surface area (Å²) >= 11 is 0. The van der Waals surface area contributed by atoms with Crippen LogP contribution < -0.4 is 4.74 Å². The van der Waals surface area contributed by atoms with Gasteiger partial charge in [-0.05, 0) is 5.92 Å². The lowest BCUT2D eigenvalue weighted by molar-refractivity contribution is 0.351. The third-order valence-electron chi connectivity index (χ3n) is 2.04. The first kappa shape index (κ1) is 6.77. The van der Waals surface area contributed by atoms with Crippen LogP contribution in [0.3, 0.4) is 0 Å². The summed E-state index contributed by atoms with van der Waals surface area (Å²) in [4.78, 5) is 0. The molecule has 0 aromatic carbocycles. The predicted octanol–water partition coefficient (Wildman–Crippen LogP) is 2.34. The van der Waals surface area contributed by atoms with Crippen LogP contribution in [0, 0.1) is 0 Å². The number of hydrogen-bond acceptors (Lipinski definition) is 2. The van der Waals surface area contributed by atoms with E-state index in [9.17, 15) is 0 Å². The Morgan fingerprint density at radius 3 is 3.00 bits per heavy atom. The molecule has 0 bridgehead atoms. The molecule has 0 fully saturated rings. The monoisotopic (exact) mass is 152 g/mol. The van der Waals surface area contributed by atoms with Gasteiger partial charge >= 0.3 is 0 Å². The van der Waals surface area contributed by atoms with Gasteiger partial charge in [0.2, 0.25) is 0 Å². The molecule has 0 radical (unpaired) electrons. The van der Waals surface area contributed by atoms with E-state index in [0.29, 0.717) is 5.92 Å². The first-order chi connectivity index (χ1) is 5.29. The Balaban J connectivity index is 2.42. The molecule has 0 amide bonds. The molecule has 0 saturated carbocycles. The minimum atomic E-state index is 0.501. The average Bonchev–Trinajstić information content (AvgIpc) is 2.41. The molecule has 0 atom stereocenters. The zero-order valence-electron chi connectivity index (χ0n) is 6.89. The van der Waals surface area contributed by atoms with Gasteiger partial charge in [-0.2, -0.15) is 0 Å². The SMILES string of the molecule is CC(C)c1coc2c1OCC2. The van der Waals surface area contributed by atoms with Crippen molar-refractivity contribution in [2.45, 2.75) is 26.2 Å². The third kappa shape index (κ3) is 0.934. The van der Waals surface area contributed by atoms with E-state index in [4.69, 9.17) is 9.15 Å². The van der Waals surface area contributed by atoms with E-state index in [-0.39, 0.29) is 0 Å². The summed E-state index contributed by atoms with van der Waals surface area (Å²) in [6, 6.07) is 0. The highest BCUT2D eigenvalue weighted by Gasteiger charge is 2.21. The molecule has 2 rings (SSSR count). The van der Waals surface area contributed by atoms with Crippen LogP contribution in [0.1, 0.15) is 31.1 Å². The highest BCUT2D eigenvalue weighted by molar-refractivity contribution is 5.39. The first-order valence-corrected chi connectivity index (χ1v) is 4.02. The molecule has 0 saturated heterocycles. The van der Waals surface area contributed by atoms with Crippen molar-refractivity contribution < 1.29 is 9.15 Å². The van der Waals surface area contributed by atoms with E-state index in [1.807, 2.05) is 6.26 Å². The van der Waals surface area contributed by atoms with Crippen LogP contribution in [-0.4, -0.2) is 6.61 Å². The zero-order chi connectivity index (χ0) is 7.84. The van der Waals surface area contributed by atoms with Gasteiger partial charge in [0.05, 0.1) is 12.9 Å².